The van der Waals surface area contributed by atoms with Crippen LogP contribution >= 0.6 is 34.7 Å². The van der Waals surface area contributed by atoms with E-state index >= 15 is 0 Å². The average Bonchev–Trinajstić information content (AvgIpc) is 2.35. The van der Waals surface area contributed by atoms with Crippen LogP contribution in [0.5, 0.6) is 0 Å². The van der Waals surface area contributed by atoms with E-state index in [-0.39, 0.29) is 5.91 Å². The van der Waals surface area contributed by atoms with Gasteiger partial charge in [-0.2, -0.15) is 0 Å². The van der Waals surface area contributed by atoms with Crippen LogP contribution in [-0.4, -0.2) is 11.7 Å². The number of nitrogens with two attached hydrogens (primary N) is 1. The first kappa shape index (κ1) is 9.89. The zero-order valence-electron chi connectivity index (χ0n) is 6.25. The third kappa shape index (κ3) is 3.47. The van der Waals surface area contributed by atoms with Gasteiger partial charge < -0.3 is 5.73 Å². The Balaban J connectivity index is 2.29. The van der Waals surface area contributed by atoms with Crippen LogP contribution in [0.25, 0.3) is 0 Å². The number of hydrogen-bond acceptors (Lipinski definition) is 3. The lowest BCUT2D eigenvalue weighted by molar-refractivity contribution is -0.115. The van der Waals surface area contributed by atoms with E-state index in [4.69, 9.17) is 17.3 Å². The van der Waals surface area contributed by atoms with Crippen molar-refractivity contribution < 1.29 is 4.79 Å². The summed E-state index contributed by atoms with van der Waals surface area (Å²) in [5.41, 5.74) is 4.98. The SMILES string of the molecule is NC(=O)CSCc1ccc(Cl)s1. The highest BCUT2D eigenvalue weighted by molar-refractivity contribution is 7.99. The molecule has 0 saturated heterocycles. The molecule has 1 aromatic rings. The van der Waals surface area contributed by atoms with Crippen LogP contribution in [0, 0.1) is 0 Å². The number of hydrogen-bond donors (Lipinski definition) is 1. The fourth-order valence-corrected chi connectivity index (χ4v) is 2.65. The van der Waals surface area contributed by atoms with E-state index < -0.39 is 0 Å². The van der Waals surface area contributed by atoms with Gasteiger partial charge in [0.05, 0.1) is 10.1 Å². The van der Waals surface area contributed by atoms with Gasteiger partial charge in [-0.15, -0.1) is 23.1 Å². The van der Waals surface area contributed by atoms with Crippen molar-refractivity contribution >= 4 is 40.6 Å². The van der Waals surface area contributed by atoms with Crippen molar-refractivity contribution in [1.29, 1.82) is 0 Å². The lowest BCUT2D eigenvalue weighted by atomic mass is 10.5. The van der Waals surface area contributed by atoms with Crippen LogP contribution < -0.4 is 5.73 Å². The van der Waals surface area contributed by atoms with Gasteiger partial charge in [-0.1, -0.05) is 11.6 Å². The minimum absolute atomic E-state index is 0.275. The predicted molar refractivity (Wildman–Crippen MR) is 54.7 cm³/mol. The maximum Gasteiger partial charge on any atom is 0.227 e. The summed E-state index contributed by atoms with van der Waals surface area (Å²) in [6.07, 6.45) is 0. The average molecular weight is 222 g/mol. The zero-order chi connectivity index (χ0) is 8.97. The summed E-state index contributed by atoms with van der Waals surface area (Å²) < 4.78 is 0.782. The largest absolute Gasteiger partial charge is 0.369 e. The van der Waals surface area contributed by atoms with Crippen molar-refractivity contribution in [3.63, 3.8) is 0 Å². The molecule has 0 aliphatic rings. The van der Waals surface area contributed by atoms with Crippen LogP contribution in [-0.2, 0) is 10.5 Å². The number of thiophene rings is 1. The number of amides is 1. The lowest BCUT2D eigenvalue weighted by Gasteiger charge is -1.93. The molecule has 0 atom stereocenters. The Morgan fingerprint density at radius 2 is 2.42 bits per heavy atom. The molecule has 1 amide bonds. The number of carbonyl (C=O) groups excluding carboxylic acids is 1. The highest BCUT2D eigenvalue weighted by Gasteiger charge is 1.99. The number of thioether (sulfide) groups is 1. The highest BCUT2D eigenvalue weighted by atomic mass is 35.5. The number of carbonyl (C=O) groups is 1. The van der Waals surface area contributed by atoms with Gasteiger partial charge >= 0.3 is 0 Å². The van der Waals surface area contributed by atoms with Gasteiger partial charge in [0.25, 0.3) is 0 Å². The summed E-state index contributed by atoms with van der Waals surface area (Å²) in [6, 6.07) is 3.81. The van der Waals surface area contributed by atoms with Crippen LogP contribution in [0.4, 0.5) is 0 Å². The van der Waals surface area contributed by atoms with Crippen molar-refractivity contribution in [2.24, 2.45) is 5.73 Å². The summed E-state index contributed by atoms with van der Waals surface area (Å²) in [5.74, 6) is 0.901. The van der Waals surface area contributed by atoms with Gasteiger partial charge in [0.15, 0.2) is 0 Å². The third-order valence-electron chi connectivity index (χ3n) is 1.12. The maximum atomic E-state index is 10.4. The topological polar surface area (TPSA) is 43.1 Å². The van der Waals surface area contributed by atoms with Crippen molar-refractivity contribution in [1.82, 2.24) is 0 Å². The molecule has 0 aliphatic carbocycles. The molecule has 2 nitrogen and oxygen atoms in total. The monoisotopic (exact) mass is 221 g/mol. The molecule has 1 aromatic heterocycles. The predicted octanol–water partition coefficient (Wildman–Crippen LogP) is 2.12. The molecule has 5 heteroatoms. The Morgan fingerprint density at radius 3 is 2.92 bits per heavy atom. The van der Waals surface area contributed by atoms with Gasteiger partial charge in [0.1, 0.15) is 0 Å². The summed E-state index contributed by atoms with van der Waals surface area (Å²) >= 11 is 8.76. The first-order valence-corrected chi connectivity index (χ1v) is 5.63. The van der Waals surface area contributed by atoms with Crippen molar-refractivity contribution in [2.75, 3.05) is 5.75 Å². The van der Waals surface area contributed by atoms with Gasteiger partial charge in [-0.05, 0) is 12.1 Å². The molecular weight excluding hydrogens is 214 g/mol. The maximum absolute atomic E-state index is 10.4. The van der Waals surface area contributed by atoms with E-state index in [0.717, 1.165) is 10.1 Å². The molecular formula is C7H8ClNOS2. The molecule has 2 N–H and O–H groups in total. The van der Waals surface area contributed by atoms with Crippen LogP contribution in [0.1, 0.15) is 4.88 Å². The second-order valence-electron chi connectivity index (χ2n) is 2.16. The third-order valence-corrected chi connectivity index (χ3v) is 3.54. The fourth-order valence-electron chi connectivity index (χ4n) is 0.682. The van der Waals surface area contributed by atoms with Gasteiger partial charge in [-0.3, -0.25) is 4.79 Å². The molecule has 0 fully saturated rings. The summed E-state index contributed by atoms with van der Waals surface area (Å²) in [7, 11) is 0. The second kappa shape index (κ2) is 4.74. The Labute approximate surface area is 84.1 Å². The van der Waals surface area contributed by atoms with Gasteiger partial charge in [0, 0.05) is 10.6 Å². The number of halogens is 1. The normalized spacial score (nSPS) is 10.1. The van der Waals surface area contributed by atoms with Crippen molar-refractivity contribution in [2.45, 2.75) is 5.75 Å². The molecule has 12 heavy (non-hydrogen) atoms. The molecule has 0 spiro atoms. The Morgan fingerprint density at radius 1 is 1.67 bits per heavy atom. The second-order valence-corrected chi connectivity index (χ2v) is 4.95. The lowest BCUT2D eigenvalue weighted by Crippen LogP contribution is -2.13. The number of primary amides is 1. The molecule has 0 bridgehead atoms. The molecule has 0 radical (unpaired) electrons. The van der Waals surface area contributed by atoms with Gasteiger partial charge in [-0.25, -0.2) is 0 Å². The fraction of sp³-hybridized carbons (Fsp3) is 0.286. The Kier molecular flexibility index (Phi) is 3.91. The first-order valence-electron chi connectivity index (χ1n) is 3.29. The van der Waals surface area contributed by atoms with Gasteiger partial charge in [0.2, 0.25) is 5.91 Å². The standard InChI is InChI=1S/C7H8ClNOS2/c8-6-2-1-5(12-6)3-11-4-7(9)10/h1-2H,3-4H2,(H2,9,10). The molecule has 66 valence electrons. The van der Waals surface area contributed by atoms with E-state index in [9.17, 15) is 4.79 Å². The van der Waals surface area contributed by atoms with E-state index in [1.807, 2.05) is 12.1 Å². The summed E-state index contributed by atoms with van der Waals surface area (Å²) in [4.78, 5) is 11.5. The van der Waals surface area contributed by atoms with E-state index in [1.165, 1.54) is 28.0 Å². The quantitative estimate of drug-likeness (QED) is 0.847. The van der Waals surface area contributed by atoms with E-state index in [1.54, 1.807) is 0 Å². The first-order chi connectivity index (χ1) is 5.68. The van der Waals surface area contributed by atoms with E-state index in [0.29, 0.717) is 5.75 Å². The van der Waals surface area contributed by atoms with E-state index in [2.05, 4.69) is 0 Å². The molecule has 1 heterocycles. The smallest absolute Gasteiger partial charge is 0.227 e. The molecule has 0 saturated carbocycles. The molecule has 1 rings (SSSR count). The van der Waals surface area contributed by atoms with Crippen molar-refractivity contribution in [3.05, 3.63) is 21.3 Å². The molecule has 0 aromatic carbocycles. The van der Waals surface area contributed by atoms with Crippen LogP contribution in [0.15, 0.2) is 12.1 Å². The molecule has 0 unspecified atom stereocenters. The van der Waals surface area contributed by atoms with Crippen molar-refractivity contribution in [3.8, 4) is 0 Å². The van der Waals surface area contributed by atoms with Crippen LogP contribution in [0.2, 0.25) is 4.34 Å². The minimum Gasteiger partial charge on any atom is -0.369 e. The van der Waals surface area contributed by atoms with Crippen LogP contribution in [0.3, 0.4) is 0 Å². The summed E-state index contributed by atoms with van der Waals surface area (Å²) in [5, 5.41) is 0. The number of rotatable bonds is 4. The molecule has 0 aliphatic heterocycles. The highest BCUT2D eigenvalue weighted by Crippen LogP contribution is 2.24. The Bertz CT molecular complexity index is 274. The minimum atomic E-state index is -0.275. The Hall–Kier alpha value is -0.190. The zero-order valence-corrected chi connectivity index (χ0v) is 8.64. The summed E-state index contributed by atoms with van der Waals surface area (Å²) in [6.45, 7) is 0.